The Morgan fingerprint density at radius 2 is 1.76 bits per heavy atom. The van der Waals surface area contributed by atoms with Gasteiger partial charge in [0.1, 0.15) is 18.1 Å². The molecule has 4 aliphatic heterocycles. The minimum absolute atomic E-state index is 0.0142. The number of hydrogen-bond acceptors (Lipinski definition) is 7. The maximum atomic E-state index is 6.54. The Morgan fingerprint density at radius 1 is 1.00 bits per heavy atom. The molecular formula is C31H42N6O. The smallest absolute Gasteiger partial charge is 0.174 e. The molecule has 0 saturated heterocycles. The lowest BCUT2D eigenvalue weighted by Crippen LogP contribution is -2.59. The molecule has 38 heavy (non-hydrogen) atoms. The van der Waals surface area contributed by atoms with E-state index in [-0.39, 0.29) is 23.2 Å². The molecule has 7 atom stereocenters. The summed E-state index contributed by atoms with van der Waals surface area (Å²) in [7, 11) is 4.46. The number of aromatic nitrogens is 2. The summed E-state index contributed by atoms with van der Waals surface area (Å²) in [5.74, 6) is 4.03. The first kappa shape index (κ1) is 24.1. The third-order valence-corrected chi connectivity index (χ3v) is 11.1. The zero-order valence-corrected chi connectivity index (χ0v) is 24.0. The first-order chi connectivity index (χ1) is 18.3. The van der Waals surface area contributed by atoms with Crippen LogP contribution in [-0.2, 0) is 4.74 Å². The predicted octanol–water partition coefficient (Wildman–Crippen LogP) is 5.47. The maximum Gasteiger partial charge on any atom is 0.174 e. The second-order valence-electron chi connectivity index (χ2n) is 12.3. The van der Waals surface area contributed by atoms with E-state index in [4.69, 9.17) is 14.7 Å². The van der Waals surface area contributed by atoms with Crippen LogP contribution >= 0.6 is 0 Å². The van der Waals surface area contributed by atoms with Crippen LogP contribution in [0.5, 0.6) is 0 Å². The van der Waals surface area contributed by atoms with Crippen LogP contribution in [0, 0.1) is 22.7 Å². The highest BCUT2D eigenvalue weighted by Crippen LogP contribution is 2.72. The monoisotopic (exact) mass is 514 g/mol. The molecule has 0 fully saturated rings. The summed E-state index contributed by atoms with van der Waals surface area (Å²) in [6.45, 7) is 12.6. The molecule has 7 heteroatoms. The fourth-order valence-electron chi connectivity index (χ4n) is 9.18. The normalized spacial score (nSPS) is 38.3. The van der Waals surface area contributed by atoms with Crippen LogP contribution in [0.2, 0.25) is 0 Å². The van der Waals surface area contributed by atoms with Gasteiger partial charge in [-0.3, -0.25) is 0 Å². The lowest BCUT2D eigenvalue weighted by atomic mass is 9.45. The van der Waals surface area contributed by atoms with Crippen LogP contribution < -0.4 is 9.80 Å². The van der Waals surface area contributed by atoms with Crippen molar-refractivity contribution in [3.8, 4) is 0 Å². The summed E-state index contributed by atoms with van der Waals surface area (Å²) < 4.78 is 6.54. The van der Waals surface area contributed by atoms with Gasteiger partial charge in [-0.05, 0) is 38.5 Å². The molecule has 6 unspecified atom stereocenters. The summed E-state index contributed by atoms with van der Waals surface area (Å²) in [6.07, 6.45) is 17.9. The largest absolute Gasteiger partial charge is 0.496 e. The van der Waals surface area contributed by atoms with E-state index in [0.717, 1.165) is 37.3 Å². The van der Waals surface area contributed by atoms with Crippen molar-refractivity contribution in [1.29, 1.82) is 0 Å². The average molecular weight is 515 g/mol. The predicted molar refractivity (Wildman–Crippen MR) is 151 cm³/mol. The Kier molecular flexibility index (Phi) is 5.09. The minimum Gasteiger partial charge on any atom is -0.496 e. The van der Waals surface area contributed by atoms with E-state index in [1.807, 2.05) is 12.4 Å². The van der Waals surface area contributed by atoms with Crippen molar-refractivity contribution in [3.63, 3.8) is 0 Å². The van der Waals surface area contributed by atoms with Crippen LogP contribution in [0.1, 0.15) is 60.3 Å². The number of likely N-dealkylation sites (N-methyl/N-ethyl adjacent to an activating group) is 2. The highest BCUT2D eigenvalue weighted by molar-refractivity contribution is 5.74. The van der Waals surface area contributed by atoms with Crippen molar-refractivity contribution in [2.45, 2.75) is 78.7 Å². The van der Waals surface area contributed by atoms with Crippen molar-refractivity contribution in [3.05, 3.63) is 59.5 Å². The summed E-state index contributed by atoms with van der Waals surface area (Å²) in [5.41, 5.74) is 4.53. The van der Waals surface area contributed by atoms with E-state index in [0.29, 0.717) is 24.5 Å². The molecule has 7 rings (SSSR count). The van der Waals surface area contributed by atoms with Crippen molar-refractivity contribution in [2.75, 3.05) is 30.5 Å². The number of ether oxygens (including phenoxy) is 1. The zero-order valence-electron chi connectivity index (χ0n) is 24.0. The Hall–Kier alpha value is -2.96. The lowest BCUT2D eigenvalue weighted by Gasteiger charge is -2.62. The molecule has 0 N–H and O–H groups in total. The number of allylic oxidation sites excluding steroid dienone is 3. The van der Waals surface area contributed by atoms with Crippen LogP contribution in [-0.4, -0.2) is 58.8 Å². The molecule has 0 amide bonds. The average Bonchev–Trinajstić information content (AvgIpc) is 3.42. The Morgan fingerprint density at radius 3 is 2.47 bits per heavy atom. The van der Waals surface area contributed by atoms with Gasteiger partial charge in [-0.15, -0.1) is 0 Å². The van der Waals surface area contributed by atoms with Gasteiger partial charge in [0, 0.05) is 67.3 Å². The fourth-order valence-corrected chi connectivity index (χ4v) is 9.18. The summed E-state index contributed by atoms with van der Waals surface area (Å²) in [4.78, 5) is 19.8. The first-order valence-corrected chi connectivity index (χ1v) is 14.6. The van der Waals surface area contributed by atoms with Gasteiger partial charge in [0.05, 0.1) is 12.3 Å². The number of nitrogens with zero attached hydrogens (tertiary/aromatic N) is 6. The molecule has 0 saturated carbocycles. The van der Waals surface area contributed by atoms with Crippen LogP contribution in [0.4, 0.5) is 11.6 Å². The van der Waals surface area contributed by atoms with E-state index >= 15 is 0 Å². The molecule has 202 valence electrons. The molecule has 2 aliphatic carbocycles. The van der Waals surface area contributed by atoms with E-state index in [1.165, 1.54) is 17.0 Å². The van der Waals surface area contributed by atoms with Crippen LogP contribution in [0.3, 0.4) is 0 Å². The van der Waals surface area contributed by atoms with Crippen molar-refractivity contribution in [1.82, 2.24) is 19.8 Å². The number of anilines is 2. The highest BCUT2D eigenvalue weighted by atomic mass is 16.5. The topological polar surface area (TPSA) is 48.0 Å². The summed E-state index contributed by atoms with van der Waals surface area (Å²) in [6, 6.07) is 0.389. The van der Waals surface area contributed by atoms with Crippen LogP contribution in [0.25, 0.3) is 0 Å². The molecule has 6 aliphatic rings. The molecule has 0 aromatic carbocycles. The van der Waals surface area contributed by atoms with E-state index in [9.17, 15) is 0 Å². The van der Waals surface area contributed by atoms with Gasteiger partial charge in [0.25, 0.3) is 0 Å². The number of fused-ring (bicyclic) bond motifs is 11. The Labute approximate surface area is 227 Å². The van der Waals surface area contributed by atoms with E-state index < -0.39 is 0 Å². The molecule has 0 bridgehead atoms. The van der Waals surface area contributed by atoms with Gasteiger partial charge in [-0.1, -0.05) is 45.4 Å². The zero-order chi connectivity index (χ0) is 26.6. The first-order valence-electron chi connectivity index (χ1n) is 14.6. The lowest BCUT2D eigenvalue weighted by molar-refractivity contribution is -0.0593. The molecule has 7 nitrogen and oxygen atoms in total. The molecule has 0 spiro atoms. The number of rotatable bonds is 4. The molecule has 1 aromatic heterocycles. The maximum absolute atomic E-state index is 6.54. The van der Waals surface area contributed by atoms with Gasteiger partial charge in [-0.25, -0.2) is 9.97 Å². The quantitative estimate of drug-likeness (QED) is 0.494. The third-order valence-electron chi connectivity index (χ3n) is 11.1. The third kappa shape index (κ3) is 2.56. The van der Waals surface area contributed by atoms with Gasteiger partial charge in [0.15, 0.2) is 11.6 Å². The van der Waals surface area contributed by atoms with E-state index in [2.05, 4.69) is 92.9 Å². The molecular weight excluding hydrogens is 472 g/mol. The summed E-state index contributed by atoms with van der Waals surface area (Å²) >= 11 is 0. The second kappa shape index (κ2) is 8.03. The van der Waals surface area contributed by atoms with Crippen LogP contribution in [0.15, 0.2) is 59.5 Å². The summed E-state index contributed by atoms with van der Waals surface area (Å²) in [5, 5.41) is 0. The molecule has 1 aromatic rings. The van der Waals surface area contributed by atoms with Crippen molar-refractivity contribution < 1.29 is 4.74 Å². The van der Waals surface area contributed by atoms with Gasteiger partial charge in [-0.2, -0.15) is 0 Å². The van der Waals surface area contributed by atoms with E-state index in [1.54, 1.807) is 5.57 Å². The highest BCUT2D eigenvalue weighted by Gasteiger charge is 2.69. The molecule has 5 heterocycles. The standard InChI is InChI=1S/C31H42N6O/c1-8-20-22-19-13-11-12-14-21(19)37-27-26(32-15-16-33-27)35(7)29(37)23(22)28-34(6)17-18-36(28)24-25(38-10-3)30(4,9-2)31(20,24)5/h11,13,15-21,28-29H,8-10,12,14H2,1-7H3/t19?,20?,21?,28?,29?,30?,31-/m0/s1. The van der Waals surface area contributed by atoms with Crippen molar-refractivity contribution >= 4 is 11.6 Å². The van der Waals surface area contributed by atoms with Crippen molar-refractivity contribution in [2.24, 2.45) is 22.7 Å². The van der Waals surface area contributed by atoms with Gasteiger partial charge >= 0.3 is 0 Å². The van der Waals surface area contributed by atoms with Gasteiger partial charge in [0.2, 0.25) is 0 Å². The Bertz CT molecular complexity index is 1300. The van der Waals surface area contributed by atoms with Gasteiger partial charge < -0.3 is 24.3 Å². The minimum atomic E-state index is -0.0234. The second-order valence-corrected chi connectivity index (χ2v) is 12.3. The number of hydrogen-bond donors (Lipinski definition) is 0. The fraction of sp³-hybridized carbons (Fsp3) is 0.613. The molecule has 0 radical (unpaired) electrons. The SMILES string of the molecule is CCOC1=C2N3C=CN(C)C3C3=C(C4C=CCCC4N4c5nccnc5N(C)C34)C(CC)[C@]2(C)C1(C)CC. The Balaban J connectivity index is 1.54.